The number of likely N-dealkylation sites (N-methyl/N-ethyl adjacent to an activating group) is 1. The molecule has 0 aliphatic rings. The van der Waals surface area contributed by atoms with E-state index in [9.17, 15) is 9.90 Å². The molecule has 1 heterocycles. The van der Waals surface area contributed by atoms with Crippen molar-refractivity contribution in [1.82, 2.24) is 4.98 Å². The lowest BCUT2D eigenvalue weighted by molar-refractivity contribution is -0.139. The first-order valence-electron chi connectivity index (χ1n) is 9.57. The molecule has 0 spiro atoms. The number of anilines is 1. The minimum atomic E-state index is -0.934. The van der Waals surface area contributed by atoms with Crippen LogP contribution in [0.25, 0.3) is 11.1 Å². The number of para-hydroxylation sites is 2. The number of carbonyl (C=O) groups is 1. The summed E-state index contributed by atoms with van der Waals surface area (Å²) in [5.41, 5.74) is 2.87. The van der Waals surface area contributed by atoms with Crippen LogP contribution in [0.15, 0.2) is 58.1 Å². The van der Waals surface area contributed by atoms with Crippen LogP contribution in [0.4, 0.5) is 6.01 Å². The fourth-order valence-corrected chi connectivity index (χ4v) is 3.00. The van der Waals surface area contributed by atoms with Gasteiger partial charge in [0.15, 0.2) is 5.58 Å². The van der Waals surface area contributed by atoms with E-state index in [1.165, 1.54) is 7.11 Å². The van der Waals surface area contributed by atoms with Crippen molar-refractivity contribution in [2.45, 2.75) is 13.3 Å². The summed E-state index contributed by atoms with van der Waals surface area (Å²) in [5, 5.41) is 13.2. The Morgan fingerprint density at radius 1 is 1.23 bits per heavy atom. The van der Waals surface area contributed by atoms with Gasteiger partial charge in [-0.2, -0.15) is 4.98 Å². The highest BCUT2D eigenvalue weighted by Gasteiger charge is 2.22. The van der Waals surface area contributed by atoms with Crippen LogP contribution >= 0.6 is 0 Å². The van der Waals surface area contributed by atoms with Crippen LogP contribution < -0.4 is 9.64 Å². The largest absolute Gasteiger partial charge is 0.492 e. The Bertz CT molecular complexity index is 980. The fourth-order valence-electron chi connectivity index (χ4n) is 3.00. The van der Waals surface area contributed by atoms with Crippen LogP contribution in [0.2, 0.25) is 0 Å². The summed E-state index contributed by atoms with van der Waals surface area (Å²) in [5.74, 6) is -0.962. The third kappa shape index (κ3) is 5.28. The summed E-state index contributed by atoms with van der Waals surface area (Å²) in [6.07, 6.45) is 0.328. The van der Waals surface area contributed by atoms with Crippen LogP contribution in [0.3, 0.4) is 0 Å². The molecule has 1 aromatic heterocycles. The maximum atomic E-state index is 11.5. The van der Waals surface area contributed by atoms with Gasteiger partial charge in [0.25, 0.3) is 6.01 Å². The second kappa shape index (κ2) is 9.78. The second-order valence-electron chi connectivity index (χ2n) is 6.89. The molecule has 158 valence electrons. The van der Waals surface area contributed by atoms with Gasteiger partial charge in [-0.15, -0.1) is 0 Å². The molecule has 3 rings (SSSR count). The van der Waals surface area contributed by atoms with Crippen molar-refractivity contribution in [3.8, 4) is 5.75 Å². The predicted molar refractivity (Wildman–Crippen MR) is 114 cm³/mol. The lowest BCUT2D eigenvalue weighted by Crippen LogP contribution is -2.24. The third-order valence-corrected chi connectivity index (χ3v) is 4.71. The molecule has 0 amide bonds. The Labute approximate surface area is 174 Å². The third-order valence-electron chi connectivity index (χ3n) is 4.71. The number of aromatic nitrogens is 1. The van der Waals surface area contributed by atoms with E-state index in [-0.39, 0.29) is 0 Å². The minimum Gasteiger partial charge on any atom is -0.492 e. The van der Waals surface area contributed by atoms with Crippen molar-refractivity contribution < 1.29 is 23.9 Å². The number of oxazole rings is 1. The fraction of sp³-hybridized carbons (Fsp3) is 0.318. The predicted octanol–water partition coefficient (Wildman–Crippen LogP) is 3.61. The average Bonchev–Trinajstić information content (AvgIpc) is 3.17. The van der Waals surface area contributed by atoms with E-state index in [1.54, 1.807) is 6.92 Å². The van der Waals surface area contributed by atoms with E-state index in [4.69, 9.17) is 14.0 Å². The zero-order valence-corrected chi connectivity index (χ0v) is 17.2. The Kier molecular flexibility index (Phi) is 6.90. The van der Waals surface area contributed by atoms with Crippen molar-refractivity contribution in [3.05, 3.63) is 54.1 Å². The molecule has 0 fully saturated rings. The summed E-state index contributed by atoms with van der Waals surface area (Å²) < 4.78 is 11.5. The van der Waals surface area contributed by atoms with Gasteiger partial charge in [-0.05, 0) is 43.2 Å². The van der Waals surface area contributed by atoms with Crippen LogP contribution in [0.1, 0.15) is 12.5 Å². The monoisotopic (exact) mass is 411 g/mol. The van der Waals surface area contributed by atoms with Gasteiger partial charge in [-0.3, -0.25) is 4.79 Å². The van der Waals surface area contributed by atoms with Crippen LogP contribution in [-0.2, 0) is 16.1 Å². The molecular weight excluding hydrogens is 386 g/mol. The smallest absolute Gasteiger partial charge is 0.312 e. The van der Waals surface area contributed by atoms with Gasteiger partial charge < -0.3 is 24.0 Å². The maximum absolute atomic E-state index is 11.5. The number of fused-ring (bicyclic) bond motifs is 1. The second-order valence-corrected chi connectivity index (χ2v) is 6.89. The highest BCUT2D eigenvalue weighted by molar-refractivity contribution is 6.00. The summed E-state index contributed by atoms with van der Waals surface area (Å²) in [6.45, 7) is 2.70. The van der Waals surface area contributed by atoms with Gasteiger partial charge in [0.05, 0.1) is 12.3 Å². The van der Waals surface area contributed by atoms with Crippen molar-refractivity contribution in [3.63, 3.8) is 0 Å². The summed E-state index contributed by atoms with van der Waals surface area (Å²) in [4.78, 5) is 22.5. The molecule has 8 nitrogen and oxygen atoms in total. The first-order valence-corrected chi connectivity index (χ1v) is 9.57. The van der Waals surface area contributed by atoms with Gasteiger partial charge in [-0.25, -0.2) is 0 Å². The zero-order valence-electron chi connectivity index (χ0n) is 17.2. The molecular formula is C22H25N3O5. The van der Waals surface area contributed by atoms with Crippen LogP contribution in [-0.4, -0.2) is 49.1 Å². The van der Waals surface area contributed by atoms with E-state index in [0.29, 0.717) is 37.0 Å². The van der Waals surface area contributed by atoms with E-state index in [2.05, 4.69) is 10.1 Å². The summed E-state index contributed by atoms with van der Waals surface area (Å²) in [6, 6.07) is 15.5. The molecule has 1 N–H and O–H groups in total. The molecule has 0 saturated heterocycles. The SMILES string of the molecule is CON=C(C)C(Cc1ccc(OCCN(C)c2nc3ccccc3o2)cc1)C(=O)O. The van der Waals surface area contributed by atoms with Crippen molar-refractivity contribution in [2.24, 2.45) is 11.1 Å². The van der Waals surface area contributed by atoms with Crippen molar-refractivity contribution >= 4 is 28.8 Å². The number of rotatable bonds is 10. The highest BCUT2D eigenvalue weighted by Crippen LogP contribution is 2.21. The number of hydrogen-bond donors (Lipinski definition) is 1. The van der Waals surface area contributed by atoms with Crippen molar-refractivity contribution in [1.29, 1.82) is 0 Å². The highest BCUT2D eigenvalue weighted by atomic mass is 16.6. The number of ether oxygens (including phenoxy) is 1. The molecule has 8 heteroatoms. The van der Waals surface area contributed by atoms with E-state index >= 15 is 0 Å². The number of aliphatic carboxylic acids is 1. The minimum absolute atomic E-state index is 0.328. The van der Waals surface area contributed by atoms with Gasteiger partial charge in [0.1, 0.15) is 30.9 Å². The molecule has 1 unspecified atom stereocenters. The zero-order chi connectivity index (χ0) is 21.5. The number of oxime groups is 1. The first kappa shape index (κ1) is 21.2. The van der Waals surface area contributed by atoms with Gasteiger partial charge in [0, 0.05) is 7.05 Å². The summed E-state index contributed by atoms with van der Waals surface area (Å²) >= 11 is 0. The molecule has 0 aliphatic carbocycles. The quantitative estimate of drug-likeness (QED) is 0.402. The molecule has 3 aromatic rings. The summed E-state index contributed by atoms with van der Waals surface area (Å²) in [7, 11) is 3.30. The Morgan fingerprint density at radius 3 is 2.63 bits per heavy atom. The van der Waals surface area contributed by atoms with Crippen LogP contribution in [0, 0.1) is 5.92 Å². The average molecular weight is 411 g/mol. The lowest BCUT2D eigenvalue weighted by Gasteiger charge is -2.15. The maximum Gasteiger partial charge on any atom is 0.312 e. The number of carboxylic acid groups (broad SMARTS) is 1. The number of hydrogen-bond acceptors (Lipinski definition) is 7. The first-order chi connectivity index (χ1) is 14.5. The molecule has 0 saturated carbocycles. The van der Waals surface area contributed by atoms with Gasteiger partial charge in [0.2, 0.25) is 0 Å². The molecule has 0 radical (unpaired) electrons. The van der Waals surface area contributed by atoms with E-state index < -0.39 is 11.9 Å². The number of benzene rings is 2. The van der Waals surface area contributed by atoms with Gasteiger partial charge >= 0.3 is 5.97 Å². The molecule has 30 heavy (non-hydrogen) atoms. The Morgan fingerprint density at radius 2 is 1.97 bits per heavy atom. The lowest BCUT2D eigenvalue weighted by atomic mass is 9.95. The van der Waals surface area contributed by atoms with Crippen molar-refractivity contribution in [2.75, 3.05) is 32.2 Å². The standard InChI is InChI=1S/C22H25N3O5/c1-15(24-28-3)18(21(26)27)14-16-8-10-17(11-9-16)29-13-12-25(2)22-23-19-6-4-5-7-20(19)30-22/h4-11,18H,12-14H2,1-3H3,(H,26,27). The van der Waals surface area contributed by atoms with E-state index in [1.807, 2.05) is 60.5 Å². The topological polar surface area (TPSA) is 97.4 Å². The molecule has 0 aliphatic heterocycles. The Hall–Kier alpha value is -3.55. The molecule has 1 atom stereocenters. The van der Waals surface area contributed by atoms with E-state index in [0.717, 1.165) is 16.7 Å². The number of nitrogens with zero attached hydrogens (tertiary/aromatic N) is 3. The number of carboxylic acids is 1. The Balaban J connectivity index is 1.52. The molecule has 2 aromatic carbocycles. The van der Waals surface area contributed by atoms with Gasteiger partial charge in [-0.1, -0.05) is 29.4 Å². The molecule has 0 bridgehead atoms. The van der Waals surface area contributed by atoms with Crippen LogP contribution in [0.5, 0.6) is 5.75 Å². The normalized spacial score (nSPS) is 12.6.